The zero-order valence-corrected chi connectivity index (χ0v) is 12.5. The molecule has 0 radical (unpaired) electrons. The molecule has 19 heavy (non-hydrogen) atoms. The van der Waals surface area contributed by atoms with Gasteiger partial charge in [0.25, 0.3) is 0 Å². The van der Waals surface area contributed by atoms with Crippen LogP contribution in [-0.2, 0) is 6.42 Å². The van der Waals surface area contributed by atoms with Gasteiger partial charge in [-0.05, 0) is 55.7 Å². The van der Waals surface area contributed by atoms with Crippen molar-refractivity contribution in [1.29, 1.82) is 0 Å². The van der Waals surface area contributed by atoms with Gasteiger partial charge < -0.3 is 5.32 Å². The molecule has 1 fully saturated rings. The Morgan fingerprint density at radius 3 is 2.89 bits per heavy atom. The fourth-order valence-electron chi connectivity index (χ4n) is 3.24. The maximum atomic E-state index is 14.0. The average molecular weight is 284 g/mol. The van der Waals surface area contributed by atoms with E-state index in [1.165, 1.54) is 19.3 Å². The summed E-state index contributed by atoms with van der Waals surface area (Å²) in [4.78, 5) is 0. The first kappa shape index (κ1) is 14.8. The Balaban J connectivity index is 2.11. The fraction of sp³-hybridized carbons (Fsp3) is 0.625. The zero-order chi connectivity index (χ0) is 13.8. The molecule has 106 valence electrons. The van der Waals surface area contributed by atoms with Gasteiger partial charge in [-0.1, -0.05) is 37.6 Å². The summed E-state index contributed by atoms with van der Waals surface area (Å²) in [6.45, 7) is 5.41. The molecule has 1 nitrogen and oxygen atoms in total. The summed E-state index contributed by atoms with van der Waals surface area (Å²) in [5.74, 6) is 1.01. The van der Waals surface area contributed by atoms with Crippen molar-refractivity contribution in [3.05, 3.63) is 34.6 Å². The summed E-state index contributed by atoms with van der Waals surface area (Å²) >= 11 is 5.87. The van der Waals surface area contributed by atoms with Gasteiger partial charge in [0.05, 0.1) is 5.02 Å². The highest BCUT2D eigenvalue weighted by molar-refractivity contribution is 6.30. The Labute approximate surface area is 120 Å². The zero-order valence-electron chi connectivity index (χ0n) is 11.8. The van der Waals surface area contributed by atoms with Crippen LogP contribution in [0.15, 0.2) is 18.2 Å². The molecule has 3 atom stereocenters. The maximum Gasteiger partial charge on any atom is 0.144 e. The minimum Gasteiger partial charge on any atom is -0.314 e. The molecule has 3 heteroatoms. The van der Waals surface area contributed by atoms with Crippen molar-refractivity contribution in [3.63, 3.8) is 0 Å². The molecule has 1 aromatic rings. The van der Waals surface area contributed by atoms with E-state index < -0.39 is 0 Å². The lowest BCUT2D eigenvalue weighted by Gasteiger charge is -2.35. The summed E-state index contributed by atoms with van der Waals surface area (Å²) in [7, 11) is 0. The molecule has 1 aliphatic rings. The molecular formula is C16H23ClFN. The average Bonchev–Trinajstić information content (AvgIpc) is 2.38. The molecule has 0 amide bonds. The summed E-state index contributed by atoms with van der Waals surface area (Å²) in [5.41, 5.74) is 0.759. The number of hydrogen-bond donors (Lipinski definition) is 1. The molecule has 2 rings (SSSR count). The van der Waals surface area contributed by atoms with E-state index in [1.54, 1.807) is 6.07 Å². The van der Waals surface area contributed by atoms with Gasteiger partial charge in [-0.3, -0.25) is 0 Å². The predicted molar refractivity (Wildman–Crippen MR) is 79.1 cm³/mol. The van der Waals surface area contributed by atoms with Gasteiger partial charge >= 0.3 is 0 Å². The number of rotatable bonds is 4. The van der Waals surface area contributed by atoms with Crippen molar-refractivity contribution in [2.24, 2.45) is 11.8 Å². The van der Waals surface area contributed by atoms with Gasteiger partial charge in [-0.15, -0.1) is 0 Å². The van der Waals surface area contributed by atoms with E-state index in [2.05, 4.69) is 19.2 Å². The summed E-state index contributed by atoms with van der Waals surface area (Å²) in [5, 5.41) is 3.79. The molecule has 3 unspecified atom stereocenters. The lowest BCUT2D eigenvalue weighted by atomic mass is 9.76. The van der Waals surface area contributed by atoms with E-state index in [9.17, 15) is 4.39 Å². The lowest BCUT2D eigenvalue weighted by Crippen LogP contribution is -2.41. The van der Waals surface area contributed by atoms with Gasteiger partial charge in [0.15, 0.2) is 0 Å². The highest BCUT2D eigenvalue weighted by Gasteiger charge is 2.28. The minimum atomic E-state index is -0.238. The normalized spacial score (nSPS) is 27.5. The highest BCUT2D eigenvalue weighted by atomic mass is 35.5. The van der Waals surface area contributed by atoms with Crippen LogP contribution in [0.25, 0.3) is 0 Å². The fourth-order valence-corrected chi connectivity index (χ4v) is 3.44. The van der Waals surface area contributed by atoms with Crippen molar-refractivity contribution in [1.82, 2.24) is 5.32 Å². The first-order chi connectivity index (χ1) is 9.11. The van der Waals surface area contributed by atoms with Crippen LogP contribution in [-0.4, -0.2) is 12.6 Å². The van der Waals surface area contributed by atoms with Crippen LogP contribution in [0.3, 0.4) is 0 Å². The molecule has 0 saturated heterocycles. The van der Waals surface area contributed by atoms with Crippen LogP contribution >= 0.6 is 11.6 Å². The Kier molecular flexibility index (Phi) is 5.23. The first-order valence-corrected chi connectivity index (χ1v) is 7.65. The second-order valence-corrected chi connectivity index (χ2v) is 6.17. The van der Waals surface area contributed by atoms with E-state index in [1.807, 2.05) is 12.1 Å². The minimum absolute atomic E-state index is 0.237. The maximum absolute atomic E-state index is 14.0. The molecular weight excluding hydrogens is 261 g/mol. The third kappa shape index (κ3) is 3.70. The third-order valence-electron chi connectivity index (χ3n) is 4.22. The van der Waals surface area contributed by atoms with E-state index >= 15 is 0 Å². The first-order valence-electron chi connectivity index (χ1n) is 7.28. The lowest BCUT2D eigenvalue weighted by molar-refractivity contribution is 0.213. The van der Waals surface area contributed by atoms with Gasteiger partial charge in [0, 0.05) is 6.04 Å². The monoisotopic (exact) mass is 283 g/mol. The second-order valence-electron chi connectivity index (χ2n) is 5.76. The van der Waals surface area contributed by atoms with E-state index in [0.29, 0.717) is 12.0 Å². The quantitative estimate of drug-likeness (QED) is 0.862. The second kappa shape index (κ2) is 6.71. The van der Waals surface area contributed by atoms with Crippen LogP contribution in [0.1, 0.15) is 38.7 Å². The summed E-state index contributed by atoms with van der Waals surface area (Å²) in [6.07, 6.45) is 4.42. The number of benzene rings is 1. The highest BCUT2D eigenvalue weighted by Crippen LogP contribution is 2.32. The summed E-state index contributed by atoms with van der Waals surface area (Å²) in [6, 6.07) is 5.84. The third-order valence-corrected chi connectivity index (χ3v) is 4.52. The van der Waals surface area contributed by atoms with Crippen LogP contribution < -0.4 is 5.32 Å². The van der Waals surface area contributed by atoms with Gasteiger partial charge in [-0.25, -0.2) is 4.39 Å². The van der Waals surface area contributed by atoms with Crippen molar-refractivity contribution in [2.45, 2.75) is 45.6 Å². The Hall–Kier alpha value is -0.600. The van der Waals surface area contributed by atoms with Gasteiger partial charge in [0.2, 0.25) is 0 Å². The van der Waals surface area contributed by atoms with Crippen molar-refractivity contribution in [3.8, 4) is 0 Å². The molecule has 0 bridgehead atoms. The largest absolute Gasteiger partial charge is 0.314 e. The van der Waals surface area contributed by atoms with E-state index in [4.69, 9.17) is 11.6 Å². The van der Waals surface area contributed by atoms with Crippen LogP contribution in [0, 0.1) is 17.7 Å². The van der Waals surface area contributed by atoms with E-state index in [-0.39, 0.29) is 10.8 Å². The van der Waals surface area contributed by atoms with Crippen molar-refractivity contribution < 1.29 is 4.39 Å². The topological polar surface area (TPSA) is 12.0 Å². The van der Waals surface area contributed by atoms with Crippen molar-refractivity contribution >= 4 is 11.6 Å². The Bertz CT molecular complexity index is 421. The van der Waals surface area contributed by atoms with Gasteiger partial charge in [-0.2, -0.15) is 0 Å². The summed E-state index contributed by atoms with van der Waals surface area (Å²) < 4.78 is 14.0. The molecule has 0 aromatic heterocycles. The molecule has 0 heterocycles. The van der Waals surface area contributed by atoms with Crippen molar-refractivity contribution in [2.75, 3.05) is 6.54 Å². The molecule has 0 aliphatic heterocycles. The van der Waals surface area contributed by atoms with Crippen LogP contribution in [0.4, 0.5) is 4.39 Å². The number of halogens is 2. The smallest absolute Gasteiger partial charge is 0.144 e. The van der Waals surface area contributed by atoms with Gasteiger partial charge in [0.1, 0.15) is 5.82 Å². The molecule has 0 spiro atoms. The Morgan fingerprint density at radius 2 is 2.16 bits per heavy atom. The van der Waals surface area contributed by atoms with Crippen LogP contribution in [0.2, 0.25) is 5.02 Å². The molecule has 1 aliphatic carbocycles. The van der Waals surface area contributed by atoms with Crippen LogP contribution in [0.5, 0.6) is 0 Å². The SMILES string of the molecule is CCNC1CCC(C)CC1Cc1cccc(Cl)c1F. The molecule has 1 saturated carbocycles. The predicted octanol–water partition coefficient (Wildman–Crippen LogP) is 4.44. The number of nitrogens with one attached hydrogen (secondary N) is 1. The number of hydrogen-bond acceptors (Lipinski definition) is 1. The Morgan fingerprint density at radius 1 is 1.37 bits per heavy atom. The molecule has 1 N–H and O–H groups in total. The molecule has 1 aromatic carbocycles. The van der Waals surface area contributed by atoms with E-state index in [0.717, 1.165) is 24.4 Å². The standard InChI is InChI=1S/C16H23ClFN/c1-3-19-15-8-7-11(2)9-13(15)10-12-5-4-6-14(17)16(12)18/h4-6,11,13,15,19H,3,7-10H2,1-2H3.